The number of nitriles is 1. The Morgan fingerprint density at radius 1 is 0.773 bits per heavy atom. The molecule has 0 aliphatic heterocycles. The number of nitrogens with zero attached hydrogens (tertiary/aromatic N) is 5. The van der Waals surface area contributed by atoms with Gasteiger partial charge in [-0.2, -0.15) is 5.26 Å². The number of carbonyl (C=O) groups is 1. The van der Waals surface area contributed by atoms with Crippen molar-refractivity contribution in [2.75, 3.05) is 0 Å². The minimum absolute atomic E-state index is 0.0757. The van der Waals surface area contributed by atoms with Gasteiger partial charge in [-0.05, 0) is 99.9 Å². The maximum Gasteiger partial charge on any atom is 0.180 e. The molecule has 4 N–H and O–H groups in total. The summed E-state index contributed by atoms with van der Waals surface area (Å²) < 4.78 is 0. The van der Waals surface area contributed by atoms with E-state index in [1.165, 1.54) is 11.1 Å². The molecule has 232 valence electrons. The Labute approximate surface area is 263 Å². The van der Waals surface area contributed by atoms with Crippen LogP contribution in [0.3, 0.4) is 0 Å². The van der Waals surface area contributed by atoms with Crippen LogP contribution < -0.4 is 11.5 Å². The van der Waals surface area contributed by atoms with Gasteiger partial charge >= 0.3 is 0 Å². The lowest BCUT2D eigenvalue weighted by Crippen LogP contribution is -2.36. The molecule has 4 aromatic rings. The molecule has 0 aromatic carbocycles. The highest BCUT2D eigenvalue weighted by Gasteiger charge is 2.41. The molecule has 8 nitrogen and oxygen atoms in total. The highest BCUT2D eigenvalue weighted by molar-refractivity contribution is 5.93. The van der Waals surface area contributed by atoms with Crippen molar-refractivity contribution in [3.8, 4) is 6.07 Å². The maximum absolute atomic E-state index is 11.1. The fraction of sp³-hybridized carbons (Fsp3) is 0.389. The summed E-state index contributed by atoms with van der Waals surface area (Å²) in [6.45, 7) is 14.0. The van der Waals surface area contributed by atoms with E-state index in [1.54, 1.807) is 24.5 Å². The SMILES string of the molecule is CCC(=O)c1ccc(C)cn1.CCC(N)(CC)c1ccc(C)cn1.Cc1ccc(C#N)nc1.Cc1ccc(C2(N)CC2)nc1. The zero-order valence-corrected chi connectivity index (χ0v) is 27.3. The number of rotatable bonds is 6. The number of pyridine rings is 4. The second-order valence-electron chi connectivity index (χ2n) is 11.3. The van der Waals surface area contributed by atoms with E-state index in [0.717, 1.165) is 48.2 Å². The molecule has 0 bridgehead atoms. The molecule has 5 rings (SSSR count). The van der Waals surface area contributed by atoms with Crippen LogP contribution in [0.5, 0.6) is 0 Å². The third-order valence-corrected chi connectivity index (χ3v) is 7.44. The van der Waals surface area contributed by atoms with Crippen LogP contribution in [0, 0.1) is 39.0 Å². The average molecular weight is 594 g/mol. The summed E-state index contributed by atoms with van der Waals surface area (Å²) in [5.41, 5.74) is 19.5. The monoisotopic (exact) mass is 593 g/mol. The largest absolute Gasteiger partial charge is 0.320 e. The van der Waals surface area contributed by atoms with Gasteiger partial charge in [-0.1, -0.05) is 45.0 Å². The van der Waals surface area contributed by atoms with E-state index in [2.05, 4.69) is 45.9 Å². The van der Waals surface area contributed by atoms with Crippen LogP contribution in [0.15, 0.2) is 73.3 Å². The van der Waals surface area contributed by atoms with Crippen LogP contribution in [0.4, 0.5) is 0 Å². The van der Waals surface area contributed by atoms with Crippen LogP contribution in [0.25, 0.3) is 0 Å². The number of hydrogen-bond donors (Lipinski definition) is 2. The molecular formula is C36H47N7O. The lowest BCUT2D eigenvalue weighted by atomic mass is 9.90. The molecule has 0 saturated heterocycles. The van der Waals surface area contributed by atoms with Crippen LogP contribution >= 0.6 is 0 Å². The molecule has 1 aliphatic carbocycles. The van der Waals surface area contributed by atoms with Crippen molar-refractivity contribution in [1.29, 1.82) is 5.26 Å². The summed E-state index contributed by atoms with van der Waals surface area (Å²) in [4.78, 5) is 27.6. The van der Waals surface area contributed by atoms with Gasteiger partial charge in [-0.15, -0.1) is 0 Å². The van der Waals surface area contributed by atoms with Crippen LogP contribution in [-0.4, -0.2) is 25.7 Å². The van der Waals surface area contributed by atoms with Crippen LogP contribution in [-0.2, 0) is 11.1 Å². The van der Waals surface area contributed by atoms with Gasteiger partial charge in [-0.25, -0.2) is 4.98 Å². The first-order valence-corrected chi connectivity index (χ1v) is 15.1. The molecule has 4 aromatic heterocycles. The average Bonchev–Trinajstić information content (AvgIpc) is 3.80. The molecule has 44 heavy (non-hydrogen) atoms. The molecule has 0 spiro atoms. The Morgan fingerprint density at radius 2 is 1.27 bits per heavy atom. The van der Waals surface area contributed by atoms with Gasteiger partial charge in [0.1, 0.15) is 17.5 Å². The predicted molar refractivity (Wildman–Crippen MR) is 177 cm³/mol. The molecule has 0 unspecified atom stereocenters. The molecule has 1 fully saturated rings. The molecule has 4 heterocycles. The number of ketones is 1. The van der Waals surface area contributed by atoms with E-state index in [0.29, 0.717) is 17.8 Å². The summed E-state index contributed by atoms with van der Waals surface area (Å²) in [7, 11) is 0. The summed E-state index contributed by atoms with van der Waals surface area (Å²) in [6, 6.07) is 17.4. The Bertz CT molecular complexity index is 1470. The minimum atomic E-state index is -0.242. The first-order valence-electron chi connectivity index (χ1n) is 15.1. The quantitative estimate of drug-likeness (QED) is 0.229. The van der Waals surface area contributed by atoms with Crippen molar-refractivity contribution in [3.05, 3.63) is 118 Å². The Kier molecular flexibility index (Phi) is 13.9. The van der Waals surface area contributed by atoms with Crippen molar-refractivity contribution in [2.24, 2.45) is 11.5 Å². The number of Topliss-reactive ketones (excluding diaryl/α,β-unsaturated/α-hetero) is 1. The van der Waals surface area contributed by atoms with Gasteiger partial charge in [0.15, 0.2) is 5.78 Å². The summed E-state index contributed by atoms with van der Waals surface area (Å²) in [5.74, 6) is 0.102. The van der Waals surface area contributed by atoms with Gasteiger partial charge in [0.05, 0.1) is 22.5 Å². The van der Waals surface area contributed by atoms with E-state index >= 15 is 0 Å². The van der Waals surface area contributed by atoms with Gasteiger partial charge < -0.3 is 11.5 Å². The van der Waals surface area contributed by atoms with E-state index in [9.17, 15) is 4.79 Å². The molecule has 0 radical (unpaired) electrons. The lowest BCUT2D eigenvalue weighted by molar-refractivity contribution is 0.0983. The van der Waals surface area contributed by atoms with Gasteiger partial charge in [0, 0.05) is 31.2 Å². The fourth-order valence-corrected chi connectivity index (χ4v) is 3.88. The summed E-state index contributed by atoms with van der Waals surface area (Å²) in [6.07, 6.45) is 11.7. The minimum Gasteiger partial charge on any atom is -0.320 e. The molecule has 0 atom stereocenters. The van der Waals surface area contributed by atoms with Gasteiger partial charge in [-0.3, -0.25) is 19.7 Å². The second kappa shape index (κ2) is 17.1. The first-order chi connectivity index (χ1) is 20.9. The van der Waals surface area contributed by atoms with E-state index in [-0.39, 0.29) is 16.9 Å². The number of aryl methyl sites for hydroxylation is 4. The molecule has 8 heteroatoms. The zero-order chi connectivity index (χ0) is 32.8. The van der Waals surface area contributed by atoms with Gasteiger partial charge in [0.25, 0.3) is 0 Å². The summed E-state index contributed by atoms with van der Waals surface area (Å²) >= 11 is 0. The predicted octanol–water partition coefficient (Wildman–Crippen LogP) is 6.95. The topological polar surface area (TPSA) is 144 Å². The smallest absolute Gasteiger partial charge is 0.180 e. The molecular weight excluding hydrogens is 546 g/mol. The first kappa shape index (κ1) is 35.9. The van der Waals surface area contributed by atoms with Crippen molar-refractivity contribution in [2.45, 2.75) is 91.6 Å². The normalized spacial score (nSPS) is 12.5. The van der Waals surface area contributed by atoms with Crippen molar-refractivity contribution >= 4 is 5.78 Å². The van der Waals surface area contributed by atoms with Crippen molar-refractivity contribution in [1.82, 2.24) is 19.9 Å². The third kappa shape index (κ3) is 11.4. The molecule has 1 saturated carbocycles. The van der Waals surface area contributed by atoms with E-state index in [1.807, 2.05) is 77.3 Å². The zero-order valence-electron chi connectivity index (χ0n) is 27.3. The molecule has 0 amide bonds. The number of nitrogens with two attached hydrogens (primary N) is 2. The van der Waals surface area contributed by atoms with E-state index < -0.39 is 0 Å². The molecule has 1 aliphatic rings. The van der Waals surface area contributed by atoms with E-state index in [4.69, 9.17) is 16.7 Å². The van der Waals surface area contributed by atoms with Crippen LogP contribution in [0.1, 0.15) is 103 Å². The fourth-order valence-electron chi connectivity index (χ4n) is 3.88. The Hall–Kier alpha value is -4.32. The van der Waals surface area contributed by atoms with Gasteiger partial charge in [0.2, 0.25) is 0 Å². The summed E-state index contributed by atoms with van der Waals surface area (Å²) in [5, 5.41) is 8.32. The second-order valence-corrected chi connectivity index (χ2v) is 11.3. The lowest BCUT2D eigenvalue weighted by Gasteiger charge is -2.25. The number of carbonyl (C=O) groups excluding carboxylic acids is 1. The standard InChI is InChI=1S/C11H18N2.C9H12N2.C9H11NO.C7H6N2/c1-4-11(12,5-2)10-7-6-9(3)8-13-10;1-7-2-3-8(11-6-7)9(10)4-5-9;1-3-9(11)8-5-4-7(2)6-10-8;1-6-2-3-7(4-8)9-5-6/h6-8H,4-5,12H2,1-3H3;2-3,6H,4-5,10H2,1H3;4-6H,3H2,1-2H3;2-3,5H,1H3. The maximum atomic E-state index is 11.1. The third-order valence-electron chi connectivity index (χ3n) is 7.44. The highest BCUT2D eigenvalue weighted by atomic mass is 16.1. The number of hydrogen-bond acceptors (Lipinski definition) is 8. The van der Waals surface area contributed by atoms with Crippen molar-refractivity contribution in [3.63, 3.8) is 0 Å². The Balaban J connectivity index is 0.000000206. The highest BCUT2D eigenvalue weighted by Crippen LogP contribution is 2.41. The van der Waals surface area contributed by atoms with Crippen LogP contribution in [0.2, 0.25) is 0 Å². The van der Waals surface area contributed by atoms with Crippen molar-refractivity contribution < 1.29 is 4.79 Å². The number of aromatic nitrogens is 4. The Morgan fingerprint density at radius 3 is 1.64 bits per heavy atom.